The molecule has 23 heavy (non-hydrogen) atoms. The van der Waals surface area contributed by atoms with Crippen molar-refractivity contribution < 1.29 is 18.0 Å². The van der Waals surface area contributed by atoms with E-state index in [9.17, 15) is 22.8 Å². The highest BCUT2D eigenvalue weighted by atomic mass is 35.5. The van der Waals surface area contributed by atoms with Gasteiger partial charge in [0.2, 0.25) is 5.91 Å². The van der Waals surface area contributed by atoms with Crippen LogP contribution in [0.25, 0.3) is 0 Å². The molecule has 0 bridgehead atoms. The van der Waals surface area contributed by atoms with Gasteiger partial charge in [0.25, 0.3) is 5.56 Å². The fraction of sp³-hybridized carbons (Fsp3) is 0.600. The second kappa shape index (κ2) is 6.95. The van der Waals surface area contributed by atoms with E-state index >= 15 is 0 Å². The molecule has 0 saturated heterocycles. The summed E-state index contributed by atoms with van der Waals surface area (Å²) in [6.45, 7) is 1.61. The first-order chi connectivity index (χ1) is 10.7. The Kier molecular flexibility index (Phi) is 5.39. The lowest BCUT2D eigenvalue weighted by molar-refractivity contribution is -0.138. The Bertz CT molecular complexity index is 643. The van der Waals surface area contributed by atoms with Crippen molar-refractivity contribution in [3.05, 3.63) is 33.2 Å². The number of carbonyl (C=O) groups excluding carboxylic acids is 1. The van der Waals surface area contributed by atoms with Gasteiger partial charge in [-0.2, -0.15) is 13.2 Å². The molecule has 0 aromatic carbocycles. The van der Waals surface area contributed by atoms with Crippen LogP contribution in [0.4, 0.5) is 13.2 Å². The minimum atomic E-state index is -4.63. The van der Waals surface area contributed by atoms with E-state index in [1.165, 1.54) is 0 Å². The Labute approximate surface area is 136 Å². The van der Waals surface area contributed by atoms with Gasteiger partial charge in [-0.05, 0) is 24.8 Å². The molecule has 1 amide bonds. The van der Waals surface area contributed by atoms with E-state index in [2.05, 4.69) is 12.2 Å². The first kappa shape index (κ1) is 17.8. The minimum absolute atomic E-state index is 0.00298. The van der Waals surface area contributed by atoms with Crippen molar-refractivity contribution in [3.8, 4) is 0 Å². The fourth-order valence-corrected chi connectivity index (χ4v) is 3.09. The van der Waals surface area contributed by atoms with Gasteiger partial charge in [0.15, 0.2) is 0 Å². The van der Waals surface area contributed by atoms with E-state index in [1.54, 1.807) is 0 Å². The Morgan fingerprint density at radius 1 is 1.43 bits per heavy atom. The summed E-state index contributed by atoms with van der Waals surface area (Å²) < 4.78 is 39.0. The molecule has 0 spiro atoms. The molecule has 4 nitrogen and oxygen atoms in total. The van der Waals surface area contributed by atoms with Crippen LogP contribution in [0.2, 0.25) is 5.02 Å². The van der Waals surface area contributed by atoms with Crippen LogP contribution in [0, 0.1) is 5.92 Å². The van der Waals surface area contributed by atoms with E-state index in [0.29, 0.717) is 22.7 Å². The molecule has 2 rings (SSSR count). The van der Waals surface area contributed by atoms with Gasteiger partial charge in [-0.3, -0.25) is 9.59 Å². The Morgan fingerprint density at radius 2 is 2.13 bits per heavy atom. The first-order valence-corrected chi connectivity index (χ1v) is 7.81. The number of amides is 1. The van der Waals surface area contributed by atoms with Gasteiger partial charge in [-0.15, -0.1) is 0 Å². The van der Waals surface area contributed by atoms with Crippen molar-refractivity contribution in [2.45, 2.75) is 51.4 Å². The average Bonchev–Trinajstić information content (AvgIpc) is 2.42. The van der Waals surface area contributed by atoms with Gasteiger partial charge >= 0.3 is 6.18 Å². The quantitative estimate of drug-likeness (QED) is 0.910. The van der Waals surface area contributed by atoms with Gasteiger partial charge in [0.05, 0.1) is 5.56 Å². The molecule has 0 aliphatic heterocycles. The summed E-state index contributed by atoms with van der Waals surface area (Å²) >= 11 is 5.55. The zero-order valence-electron chi connectivity index (χ0n) is 12.6. The number of hydrogen-bond donors (Lipinski definition) is 1. The van der Waals surface area contributed by atoms with Crippen molar-refractivity contribution in [2.24, 2.45) is 5.92 Å². The summed E-state index contributed by atoms with van der Waals surface area (Å²) in [5, 5.41) is 2.22. The third-order valence-electron chi connectivity index (χ3n) is 3.99. The zero-order valence-corrected chi connectivity index (χ0v) is 13.4. The van der Waals surface area contributed by atoms with E-state index < -0.39 is 34.8 Å². The van der Waals surface area contributed by atoms with Crippen molar-refractivity contribution in [1.82, 2.24) is 9.88 Å². The SMILES string of the molecule is C[C@@H]1CCC[C@H](NC(=O)Cn2cc(C(F)(F)F)cc(Cl)c2=O)C1. The van der Waals surface area contributed by atoms with Crippen molar-refractivity contribution in [2.75, 3.05) is 0 Å². The van der Waals surface area contributed by atoms with Crippen LogP contribution in [0.15, 0.2) is 17.1 Å². The maximum atomic E-state index is 12.8. The number of nitrogens with zero attached hydrogens (tertiary/aromatic N) is 1. The maximum Gasteiger partial charge on any atom is 0.417 e. The third-order valence-corrected chi connectivity index (χ3v) is 4.26. The normalized spacial score (nSPS) is 22.0. The highest BCUT2D eigenvalue weighted by Crippen LogP contribution is 2.29. The Hall–Kier alpha value is -1.50. The first-order valence-electron chi connectivity index (χ1n) is 7.43. The summed E-state index contributed by atoms with van der Waals surface area (Å²) in [5.74, 6) is 0.0152. The third kappa shape index (κ3) is 4.73. The Balaban J connectivity index is 2.11. The number of carbonyl (C=O) groups is 1. The van der Waals surface area contributed by atoms with Crippen LogP contribution in [0.3, 0.4) is 0 Å². The molecule has 2 atom stereocenters. The van der Waals surface area contributed by atoms with E-state index in [0.717, 1.165) is 25.7 Å². The molecule has 1 aromatic rings. The van der Waals surface area contributed by atoms with Gasteiger partial charge in [-0.1, -0.05) is 31.4 Å². The smallest absolute Gasteiger partial charge is 0.352 e. The molecule has 8 heteroatoms. The highest BCUT2D eigenvalue weighted by molar-refractivity contribution is 6.30. The summed E-state index contributed by atoms with van der Waals surface area (Å²) in [6.07, 6.45) is -0.222. The molecule has 1 fully saturated rings. The number of halogens is 4. The second-order valence-electron chi connectivity index (χ2n) is 6.04. The average molecular weight is 351 g/mol. The van der Waals surface area contributed by atoms with Crippen LogP contribution in [-0.2, 0) is 17.5 Å². The number of hydrogen-bond acceptors (Lipinski definition) is 2. The molecule has 1 aliphatic rings. The number of aromatic nitrogens is 1. The summed E-state index contributed by atoms with van der Waals surface area (Å²) in [7, 11) is 0. The molecule has 1 aliphatic carbocycles. The molecular weight excluding hydrogens is 333 g/mol. The molecule has 128 valence electrons. The standard InChI is InChI=1S/C15H18ClF3N2O2/c1-9-3-2-4-11(5-9)20-13(22)8-21-7-10(15(17,18)19)6-12(16)14(21)23/h6-7,9,11H,2-5,8H2,1H3,(H,20,22)/t9-,11+/m1/s1. The zero-order chi connectivity index (χ0) is 17.2. The summed E-state index contributed by atoms with van der Waals surface area (Å²) in [6, 6.07) is 0.574. The lowest BCUT2D eigenvalue weighted by Crippen LogP contribution is -2.41. The van der Waals surface area contributed by atoms with E-state index in [-0.39, 0.29) is 6.04 Å². The second-order valence-corrected chi connectivity index (χ2v) is 6.45. The molecule has 1 aromatic heterocycles. The van der Waals surface area contributed by atoms with Crippen LogP contribution in [-0.4, -0.2) is 16.5 Å². The van der Waals surface area contributed by atoms with Crippen LogP contribution in [0.5, 0.6) is 0 Å². The fourth-order valence-electron chi connectivity index (χ4n) is 2.86. The molecule has 1 N–H and O–H groups in total. The highest BCUT2D eigenvalue weighted by Gasteiger charge is 2.32. The van der Waals surface area contributed by atoms with Crippen molar-refractivity contribution in [3.63, 3.8) is 0 Å². The lowest BCUT2D eigenvalue weighted by atomic mass is 9.87. The number of rotatable bonds is 3. The topological polar surface area (TPSA) is 51.1 Å². The summed E-state index contributed by atoms with van der Waals surface area (Å²) in [5.41, 5.74) is -1.87. The number of pyridine rings is 1. The number of alkyl halides is 3. The minimum Gasteiger partial charge on any atom is -0.352 e. The number of nitrogens with one attached hydrogen (secondary N) is 1. The molecule has 1 heterocycles. The van der Waals surface area contributed by atoms with Gasteiger partial charge < -0.3 is 9.88 Å². The molecule has 1 saturated carbocycles. The van der Waals surface area contributed by atoms with Crippen LogP contribution >= 0.6 is 11.6 Å². The van der Waals surface area contributed by atoms with E-state index in [1.807, 2.05) is 0 Å². The predicted octanol–water partition coefficient (Wildman–Crippen LogP) is 3.22. The predicted molar refractivity (Wildman–Crippen MR) is 80.3 cm³/mol. The Morgan fingerprint density at radius 3 is 2.74 bits per heavy atom. The molecule has 0 unspecified atom stereocenters. The van der Waals surface area contributed by atoms with Gasteiger partial charge in [-0.25, -0.2) is 0 Å². The molecule has 0 radical (unpaired) electrons. The largest absolute Gasteiger partial charge is 0.417 e. The van der Waals surface area contributed by atoms with Crippen molar-refractivity contribution >= 4 is 17.5 Å². The monoisotopic (exact) mass is 350 g/mol. The van der Waals surface area contributed by atoms with Gasteiger partial charge in [0, 0.05) is 12.2 Å². The van der Waals surface area contributed by atoms with Crippen LogP contribution < -0.4 is 10.9 Å². The van der Waals surface area contributed by atoms with Gasteiger partial charge in [0.1, 0.15) is 11.6 Å². The van der Waals surface area contributed by atoms with E-state index in [4.69, 9.17) is 11.6 Å². The molecular formula is C15H18ClF3N2O2. The summed E-state index contributed by atoms with van der Waals surface area (Å²) in [4.78, 5) is 23.8. The van der Waals surface area contributed by atoms with Crippen LogP contribution in [0.1, 0.15) is 38.2 Å². The lowest BCUT2D eigenvalue weighted by Gasteiger charge is -2.27. The maximum absolute atomic E-state index is 12.8. The van der Waals surface area contributed by atoms with Crippen molar-refractivity contribution in [1.29, 1.82) is 0 Å².